The van der Waals surface area contributed by atoms with Crippen LogP contribution in [0.5, 0.6) is 11.6 Å². The van der Waals surface area contributed by atoms with Crippen LogP contribution in [0, 0.1) is 0 Å². The maximum absolute atomic E-state index is 13.1. The Morgan fingerprint density at radius 2 is 1.91 bits per heavy atom. The van der Waals surface area contributed by atoms with Crippen molar-refractivity contribution >= 4 is 29.2 Å². The minimum absolute atomic E-state index is 0.0000976. The van der Waals surface area contributed by atoms with E-state index in [2.05, 4.69) is 10.3 Å². The van der Waals surface area contributed by atoms with Gasteiger partial charge in [-0.2, -0.15) is 0 Å². The molecule has 2 amide bonds. The highest BCUT2D eigenvalue weighted by Gasteiger charge is 2.26. The highest BCUT2D eigenvalue weighted by atomic mass is 16.5. The average Bonchev–Trinajstić information content (AvgIpc) is 3.00. The van der Waals surface area contributed by atoms with Crippen LogP contribution in [-0.4, -0.2) is 29.4 Å². The van der Waals surface area contributed by atoms with Crippen LogP contribution in [0.1, 0.15) is 35.7 Å². The van der Waals surface area contributed by atoms with Gasteiger partial charge in [0.15, 0.2) is 0 Å². The Bertz CT molecular complexity index is 1190. The second kappa shape index (κ2) is 9.95. The van der Waals surface area contributed by atoms with Gasteiger partial charge in [0.1, 0.15) is 11.4 Å². The normalized spacial score (nSPS) is 12.0. The van der Waals surface area contributed by atoms with Crippen molar-refractivity contribution in [2.24, 2.45) is 0 Å². The molecule has 33 heavy (non-hydrogen) atoms. The number of nitrogens with zero attached hydrogens (tertiary/aromatic N) is 2. The Hall–Kier alpha value is -4.20. The molecule has 0 atom stereocenters. The molecule has 0 fully saturated rings. The highest BCUT2D eigenvalue weighted by molar-refractivity contribution is 5.99. The molecule has 4 rings (SSSR count). The number of esters is 1. The van der Waals surface area contributed by atoms with Gasteiger partial charge < -0.3 is 19.7 Å². The van der Waals surface area contributed by atoms with Crippen LogP contribution in [0.2, 0.25) is 0 Å². The molecule has 0 saturated heterocycles. The van der Waals surface area contributed by atoms with Crippen molar-refractivity contribution in [2.75, 3.05) is 16.8 Å². The number of rotatable bonds is 6. The van der Waals surface area contributed by atoms with Gasteiger partial charge in [-0.25, -0.2) is 9.78 Å². The lowest BCUT2D eigenvalue weighted by Gasteiger charge is -2.21. The van der Waals surface area contributed by atoms with E-state index in [0.29, 0.717) is 35.1 Å². The van der Waals surface area contributed by atoms with Crippen molar-refractivity contribution < 1.29 is 23.9 Å². The molecule has 0 unspecified atom stereocenters. The molecule has 1 aliphatic heterocycles. The minimum atomic E-state index is -0.459. The van der Waals surface area contributed by atoms with Crippen LogP contribution in [-0.2, 0) is 20.9 Å². The molecule has 0 aliphatic carbocycles. The Kier molecular flexibility index (Phi) is 6.64. The van der Waals surface area contributed by atoms with Gasteiger partial charge in [-0.05, 0) is 43.3 Å². The molecular weight excluding hydrogens is 422 g/mol. The predicted octanol–water partition coefficient (Wildman–Crippen LogP) is 4.32. The molecule has 2 heterocycles. The average molecular weight is 445 g/mol. The molecule has 8 heteroatoms. The van der Waals surface area contributed by atoms with Crippen molar-refractivity contribution in [3.05, 3.63) is 78.0 Å². The van der Waals surface area contributed by atoms with Gasteiger partial charge in [0.2, 0.25) is 17.7 Å². The number of hydrogen-bond acceptors (Lipinski definition) is 6. The number of carbonyl (C=O) groups excluding carboxylic acids is 3. The van der Waals surface area contributed by atoms with Crippen molar-refractivity contribution in [1.29, 1.82) is 0 Å². The number of fused-ring (bicyclic) bond motifs is 2. The van der Waals surface area contributed by atoms with Gasteiger partial charge >= 0.3 is 5.97 Å². The maximum Gasteiger partial charge on any atom is 0.338 e. The smallest absolute Gasteiger partial charge is 0.338 e. The van der Waals surface area contributed by atoms with E-state index in [0.717, 1.165) is 5.56 Å². The quantitative estimate of drug-likeness (QED) is 0.568. The van der Waals surface area contributed by atoms with E-state index < -0.39 is 5.97 Å². The highest BCUT2D eigenvalue weighted by Crippen LogP contribution is 2.37. The Morgan fingerprint density at radius 3 is 2.76 bits per heavy atom. The fourth-order valence-corrected chi connectivity index (χ4v) is 3.50. The Morgan fingerprint density at radius 1 is 1.06 bits per heavy atom. The molecule has 0 bridgehead atoms. The van der Waals surface area contributed by atoms with Gasteiger partial charge in [-0.1, -0.05) is 24.3 Å². The minimum Gasteiger partial charge on any atom is -0.462 e. The van der Waals surface area contributed by atoms with E-state index in [4.69, 9.17) is 9.47 Å². The third kappa shape index (κ3) is 5.17. The number of amides is 2. The summed E-state index contributed by atoms with van der Waals surface area (Å²) in [6.07, 6.45) is 1.59. The number of carbonyl (C=O) groups is 3. The SMILES string of the molecule is CCOC(=O)c1cccc(NC(=O)CCC(=O)N2Cc3ccccc3Oc3ncccc32)c1. The zero-order chi connectivity index (χ0) is 23.2. The van der Waals surface area contributed by atoms with E-state index in [9.17, 15) is 14.4 Å². The fraction of sp³-hybridized carbons (Fsp3) is 0.200. The number of hydrogen-bond donors (Lipinski definition) is 1. The Labute approximate surface area is 191 Å². The summed E-state index contributed by atoms with van der Waals surface area (Å²) in [6.45, 7) is 2.31. The zero-order valence-corrected chi connectivity index (χ0v) is 18.1. The summed E-state index contributed by atoms with van der Waals surface area (Å²) in [7, 11) is 0. The third-order valence-electron chi connectivity index (χ3n) is 5.07. The van der Waals surface area contributed by atoms with Gasteiger partial charge in [0, 0.05) is 30.3 Å². The Balaban J connectivity index is 1.43. The summed E-state index contributed by atoms with van der Waals surface area (Å²) in [4.78, 5) is 43.3. The standard InChI is InChI=1S/C25H23N3O5/c1-2-32-25(31)17-8-5-9-19(15-17)27-22(29)12-13-23(30)28-16-18-7-3-4-11-21(18)33-24-20(28)10-6-14-26-24/h3-11,14-15H,2,12-13,16H2,1H3,(H,27,29). The van der Waals surface area contributed by atoms with Crippen LogP contribution in [0.3, 0.4) is 0 Å². The number of aromatic nitrogens is 1. The van der Waals surface area contributed by atoms with E-state index >= 15 is 0 Å². The summed E-state index contributed by atoms with van der Waals surface area (Å²) in [5.74, 6) is -0.0232. The molecular formula is C25H23N3O5. The molecule has 2 aromatic carbocycles. The van der Waals surface area contributed by atoms with Gasteiger partial charge in [-0.15, -0.1) is 0 Å². The lowest BCUT2D eigenvalue weighted by atomic mass is 10.1. The van der Waals surface area contributed by atoms with Crippen molar-refractivity contribution in [3.8, 4) is 11.6 Å². The molecule has 1 aliphatic rings. The van der Waals surface area contributed by atoms with E-state index in [1.165, 1.54) is 0 Å². The van der Waals surface area contributed by atoms with Gasteiger partial charge in [0.25, 0.3) is 0 Å². The van der Waals surface area contributed by atoms with Crippen molar-refractivity contribution in [2.45, 2.75) is 26.3 Å². The number of para-hydroxylation sites is 1. The first-order chi connectivity index (χ1) is 16.0. The van der Waals surface area contributed by atoms with Crippen LogP contribution in [0.15, 0.2) is 66.9 Å². The van der Waals surface area contributed by atoms with E-state index in [1.54, 1.807) is 54.4 Å². The number of anilines is 2. The summed E-state index contributed by atoms with van der Waals surface area (Å²) in [5.41, 5.74) is 2.22. The second-order valence-electron chi connectivity index (χ2n) is 7.37. The monoisotopic (exact) mass is 445 g/mol. The van der Waals surface area contributed by atoms with Crippen LogP contribution < -0.4 is 15.0 Å². The number of nitrogens with one attached hydrogen (secondary N) is 1. The van der Waals surface area contributed by atoms with Gasteiger partial charge in [0.05, 0.1) is 18.7 Å². The first-order valence-corrected chi connectivity index (χ1v) is 10.6. The number of ether oxygens (including phenoxy) is 2. The summed E-state index contributed by atoms with van der Waals surface area (Å²) >= 11 is 0. The van der Waals surface area contributed by atoms with Crippen LogP contribution in [0.25, 0.3) is 0 Å². The van der Waals surface area contributed by atoms with Crippen molar-refractivity contribution in [1.82, 2.24) is 4.98 Å². The fourth-order valence-electron chi connectivity index (χ4n) is 3.50. The summed E-state index contributed by atoms with van der Waals surface area (Å²) < 4.78 is 10.9. The first-order valence-electron chi connectivity index (χ1n) is 10.6. The molecule has 0 spiro atoms. The first kappa shape index (κ1) is 22.0. The second-order valence-corrected chi connectivity index (χ2v) is 7.37. The van der Waals surface area contributed by atoms with E-state index in [-0.39, 0.29) is 31.3 Å². The topological polar surface area (TPSA) is 97.8 Å². The lowest BCUT2D eigenvalue weighted by molar-refractivity contribution is -0.122. The van der Waals surface area contributed by atoms with E-state index in [1.807, 2.05) is 24.3 Å². The van der Waals surface area contributed by atoms with Crippen molar-refractivity contribution in [3.63, 3.8) is 0 Å². The molecule has 0 radical (unpaired) electrons. The predicted molar refractivity (Wildman–Crippen MR) is 122 cm³/mol. The van der Waals surface area contributed by atoms with Crippen LogP contribution in [0.4, 0.5) is 11.4 Å². The summed E-state index contributed by atoms with van der Waals surface area (Å²) in [6, 6.07) is 17.5. The largest absolute Gasteiger partial charge is 0.462 e. The lowest BCUT2D eigenvalue weighted by Crippen LogP contribution is -2.30. The molecule has 1 aromatic heterocycles. The molecule has 0 saturated carbocycles. The van der Waals surface area contributed by atoms with Gasteiger partial charge in [-0.3, -0.25) is 9.59 Å². The molecule has 3 aromatic rings. The number of pyridine rings is 1. The molecule has 8 nitrogen and oxygen atoms in total. The number of benzene rings is 2. The third-order valence-corrected chi connectivity index (χ3v) is 5.07. The van der Waals surface area contributed by atoms with Crippen LogP contribution >= 0.6 is 0 Å². The molecule has 1 N–H and O–H groups in total. The maximum atomic E-state index is 13.1. The molecule has 168 valence electrons. The zero-order valence-electron chi connectivity index (χ0n) is 18.1. The summed E-state index contributed by atoms with van der Waals surface area (Å²) in [5, 5.41) is 2.73.